The van der Waals surface area contributed by atoms with E-state index in [-0.39, 0.29) is 19.8 Å². The second kappa shape index (κ2) is 14.3. The van der Waals surface area contributed by atoms with E-state index in [1.807, 2.05) is 78.9 Å². The van der Waals surface area contributed by atoms with Crippen LogP contribution in [0, 0.1) is 0 Å². The third kappa shape index (κ3) is 8.01. The van der Waals surface area contributed by atoms with Crippen LogP contribution >= 0.6 is 0 Å². The zero-order valence-corrected chi connectivity index (χ0v) is 24.1. The summed E-state index contributed by atoms with van der Waals surface area (Å²) < 4.78 is 29.4. The molecule has 0 aromatic heterocycles. The maximum absolute atomic E-state index is 11.5. The maximum atomic E-state index is 11.5. The molecule has 0 saturated carbocycles. The van der Waals surface area contributed by atoms with Crippen molar-refractivity contribution < 1.29 is 28.5 Å². The first kappa shape index (κ1) is 29.6. The summed E-state index contributed by atoms with van der Waals surface area (Å²) in [5.74, 6) is 1.51. The van der Waals surface area contributed by atoms with Crippen molar-refractivity contribution in [3.63, 3.8) is 0 Å². The first-order valence-electron chi connectivity index (χ1n) is 12.9. The summed E-state index contributed by atoms with van der Waals surface area (Å²) >= 11 is 0. The van der Waals surface area contributed by atoms with E-state index in [1.54, 1.807) is 14.2 Å². The Kier molecular flexibility index (Phi) is 11.1. The summed E-state index contributed by atoms with van der Waals surface area (Å²) in [6.45, 7) is 7.88. The normalized spacial score (nSPS) is 12.7. The summed E-state index contributed by atoms with van der Waals surface area (Å²) in [6.07, 6.45) is 0.605. The minimum atomic E-state index is -1.20. The van der Waals surface area contributed by atoms with Crippen LogP contribution < -0.4 is 9.47 Å². The number of aldehydes is 1. The molecule has 0 radical (unpaired) electrons. The predicted octanol–water partition coefficient (Wildman–Crippen LogP) is 6.30. The summed E-state index contributed by atoms with van der Waals surface area (Å²) in [5.41, 5.74) is 1.83. The molecule has 204 valence electrons. The predicted molar refractivity (Wildman–Crippen MR) is 153 cm³/mol. The molecule has 7 heteroatoms. The molecule has 0 aliphatic heterocycles. The number of carbonyl (C=O) groups excluding carboxylic acids is 1. The Balaban J connectivity index is 1.95. The van der Waals surface area contributed by atoms with Crippen LogP contribution in [0.25, 0.3) is 0 Å². The van der Waals surface area contributed by atoms with Crippen molar-refractivity contribution in [3.05, 3.63) is 95.6 Å². The van der Waals surface area contributed by atoms with E-state index in [9.17, 15) is 4.79 Å². The zero-order chi connectivity index (χ0) is 27.4. The molecule has 0 fully saturated rings. The van der Waals surface area contributed by atoms with Gasteiger partial charge < -0.3 is 28.5 Å². The monoisotopic (exact) mass is 536 g/mol. The van der Waals surface area contributed by atoms with Gasteiger partial charge in [0.05, 0.1) is 26.9 Å². The fourth-order valence-electron chi connectivity index (χ4n) is 4.17. The van der Waals surface area contributed by atoms with Gasteiger partial charge in [-0.15, -0.1) is 0 Å². The van der Waals surface area contributed by atoms with Gasteiger partial charge >= 0.3 is 0 Å². The Morgan fingerprint density at radius 3 is 1.79 bits per heavy atom. The van der Waals surface area contributed by atoms with E-state index < -0.39 is 19.8 Å². The molecule has 0 aliphatic carbocycles. The van der Waals surface area contributed by atoms with Gasteiger partial charge in [-0.25, -0.2) is 0 Å². The molecule has 3 aromatic rings. The number of benzene rings is 3. The highest BCUT2D eigenvalue weighted by atomic mass is 28.3. The molecule has 0 bridgehead atoms. The first-order chi connectivity index (χ1) is 18.3. The Labute approximate surface area is 227 Å². The quantitative estimate of drug-likeness (QED) is 0.0704. The molecule has 0 spiro atoms. The van der Waals surface area contributed by atoms with Crippen molar-refractivity contribution in [3.8, 4) is 11.5 Å². The van der Waals surface area contributed by atoms with Gasteiger partial charge in [0.2, 0.25) is 0 Å². The second-order valence-corrected chi connectivity index (χ2v) is 16.0. The van der Waals surface area contributed by atoms with Crippen molar-refractivity contribution in [1.29, 1.82) is 0 Å². The maximum Gasteiger partial charge on any atom is 0.147 e. The lowest BCUT2D eigenvalue weighted by Gasteiger charge is -2.37. The highest BCUT2D eigenvalue weighted by Gasteiger charge is 2.38. The van der Waals surface area contributed by atoms with E-state index in [2.05, 4.69) is 19.6 Å². The van der Waals surface area contributed by atoms with Crippen LogP contribution in [0.2, 0.25) is 25.7 Å². The van der Waals surface area contributed by atoms with E-state index in [0.717, 1.165) is 40.5 Å². The van der Waals surface area contributed by atoms with Crippen molar-refractivity contribution in [2.75, 3.05) is 34.2 Å². The number of methoxy groups -OCH3 is 2. The molecular formula is C31H40O6Si. The van der Waals surface area contributed by atoms with Gasteiger partial charge in [-0.3, -0.25) is 0 Å². The van der Waals surface area contributed by atoms with Crippen molar-refractivity contribution >= 4 is 14.4 Å². The van der Waals surface area contributed by atoms with E-state index in [1.165, 1.54) is 0 Å². The molecule has 6 nitrogen and oxygen atoms in total. The minimum Gasteiger partial charge on any atom is -0.497 e. The Bertz CT molecular complexity index is 1050. The van der Waals surface area contributed by atoms with Crippen LogP contribution in [0.15, 0.2) is 78.9 Å². The molecule has 0 amide bonds. The topological polar surface area (TPSA) is 63.2 Å². The van der Waals surface area contributed by atoms with E-state index in [0.29, 0.717) is 6.61 Å². The standard InChI is InChI=1S/C31H40O6Si/c1-33-28-15-11-26(12-16-28)31(25-9-7-6-8-10-25,27-13-17-29(34-2)18-14-27)37-23-30(19-20-32)36-24-35-21-22-38(3,4)5/h6-18,20,30H,19,21-24H2,1-5H3/t30-/m0/s1. The van der Waals surface area contributed by atoms with Crippen LogP contribution in [0.3, 0.4) is 0 Å². The van der Waals surface area contributed by atoms with Crippen LogP contribution in [0.4, 0.5) is 0 Å². The van der Waals surface area contributed by atoms with Gasteiger partial charge in [-0.1, -0.05) is 74.2 Å². The number of hydrogen-bond acceptors (Lipinski definition) is 6. The largest absolute Gasteiger partial charge is 0.497 e. The van der Waals surface area contributed by atoms with E-state index in [4.69, 9.17) is 23.7 Å². The number of carbonyl (C=O) groups is 1. The summed E-state index contributed by atoms with van der Waals surface area (Å²) in [5, 5.41) is 0. The third-order valence-corrected chi connectivity index (χ3v) is 8.11. The molecule has 0 heterocycles. The third-order valence-electron chi connectivity index (χ3n) is 6.40. The minimum absolute atomic E-state index is 0.121. The van der Waals surface area contributed by atoms with Crippen molar-refractivity contribution in [2.45, 2.75) is 43.8 Å². The van der Waals surface area contributed by atoms with Gasteiger partial charge in [0.1, 0.15) is 30.2 Å². The highest BCUT2D eigenvalue weighted by Crippen LogP contribution is 2.41. The van der Waals surface area contributed by atoms with Crippen LogP contribution in [-0.4, -0.2) is 54.7 Å². The molecule has 0 N–H and O–H groups in total. The van der Waals surface area contributed by atoms with Gasteiger partial charge in [0.15, 0.2) is 0 Å². The second-order valence-electron chi connectivity index (χ2n) is 10.3. The van der Waals surface area contributed by atoms with Crippen LogP contribution in [-0.2, 0) is 24.6 Å². The highest BCUT2D eigenvalue weighted by molar-refractivity contribution is 6.76. The average Bonchev–Trinajstić information content (AvgIpc) is 2.93. The molecule has 0 aliphatic rings. The van der Waals surface area contributed by atoms with Crippen molar-refractivity contribution in [2.24, 2.45) is 0 Å². The lowest BCUT2D eigenvalue weighted by molar-refractivity contribution is -0.133. The van der Waals surface area contributed by atoms with Crippen LogP contribution in [0.1, 0.15) is 23.1 Å². The van der Waals surface area contributed by atoms with E-state index >= 15 is 0 Å². The van der Waals surface area contributed by atoms with Gasteiger partial charge in [0, 0.05) is 21.1 Å². The molecule has 3 aromatic carbocycles. The lowest BCUT2D eigenvalue weighted by atomic mass is 9.80. The van der Waals surface area contributed by atoms with Crippen LogP contribution in [0.5, 0.6) is 11.5 Å². The Morgan fingerprint density at radius 1 is 0.789 bits per heavy atom. The Hall–Kier alpha value is -2.97. The average molecular weight is 537 g/mol. The van der Waals surface area contributed by atoms with Gasteiger partial charge in [-0.2, -0.15) is 0 Å². The number of ether oxygens (including phenoxy) is 5. The molecule has 1 atom stereocenters. The fraction of sp³-hybridized carbons (Fsp3) is 0.387. The van der Waals surface area contributed by atoms with Crippen molar-refractivity contribution in [1.82, 2.24) is 0 Å². The Morgan fingerprint density at radius 2 is 1.32 bits per heavy atom. The fourth-order valence-corrected chi connectivity index (χ4v) is 4.92. The molecule has 38 heavy (non-hydrogen) atoms. The SMILES string of the molecule is COc1ccc(C(OC[C@H](CC=O)OCOCC[Si](C)(C)C)(c2ccccc2)c2ccc(OC)cc2)cc1. The molecular weight excluding hydrogens is 496 g/mol. The van der Waals surface area contributed by atoms with Gasteiger partial charge in [-0.05, 0) is 47.0 Å². The molecule has 0 saturated heterocycles. The first-order valence-corrected chi connectivity index (χ1v) is 16.6. The summed E-state index contributed by atoms with van der Waals surface area (Å²) in [7, 11) is 2.10. The summed E-state index contributed by atoms with van der Waals surface area (Å²) in [4.78, 5) is 11.5. The lowest BCUT2D eigenvalue weighted by Crippen LogP contribution is -2.36. The molecule has 3 rings (SSSR count). The molecule has 0 unspecified atom stereocenters. The van der Waals surface area contributed by atoms with Gasteiger partial charge in [0.25, 0.3) is 0 Å². The summed E-state index contributed by atoms with van der Waals surface area (Å²) in [6, 6.07) is 26.8. The number of rotatable bonds is 16. The zero-order valence-electron chi connectivity index (χ0n) is 23.1. The number of hydrogen-bond donors (Lipinski definition) is 0. The smallest absolute Gasteiger partial charge is 0.147 e.